The van der Waals surface area contributed by atoms with Gasteiger partial charge in [-0.15, -0.1) is 0 Å². The Labute approximate surface area is 174 Å². The number of hydrogen-bond acceptors (Lipinski definition) is 5. The largest absolute Gasteiger partial charge is 0.486 e. The first kappa shape index (κ1) is 19.4. The number of ether oxygens (including phenoxy) is 2. The van der Waals surface area contributed by atoms with E-state index in [0.29, 0.717) is 47.7 Å². The summed E-state index contributed by atoms with van der Waals surface area (Å²) in [6, 6.07) is 10.7. The highest BCUT2D eigenvalue weighted by Gasteiger charge is 2.36. The van der Waals surface area contributed by atoms with Gasteiger partial charge < -0.3 is 24.6 Å². The van der Waals surface area contributed by atoms with Gasteiger partial charge in [0.05, 0.1) is 22.3 Å². The first-order chi connectivity index (χ1) is 13.9. The third-order valence-corrected chi connectivity index (χ3v) is 5.33. The molecule has 0 bridgehead atoms. The maximum Gasteiger partial charge on any atom is 0.229 e. The zero-order chi connectivity index (χ0) is 20.5. The second-order valence-corrected chi connectivity index (χ2v) is 7.66. The number of benzene rings is 2. The van der Waals surface area contributed by atoms with Gasteiger partial charge in [-0.25, -0.2) is 0 Å². The van der Waals surface area contributed by atoms with Crippen molar-refractivity contribution in [1.82, 2.24) is 0 Å². The minimum absolute atomic E-state index is 0.0965. The molecule has 2 aliphatic rings. The van der Waals surface area contributed by atoms with E-state index in [1.165, 1.54) is 0 Å². The third kappa shape index (κ3) is 3.82. The molecule has 2 aromatic carbocycles. The number of rotatable bonds is 4. The highest BCUT2D eigenvalue weighted by molar-refractivity contribution is 6.34. The van der Waals surface area contributed by atoms with Crippen molar-refractivity contribution in [1.29, 1.82) is 0 Å². The molecular formula is C21H22ClN3O4. The summed E-state index contributed by atoms with van der Waals surface area (Å²) >= 11 is 6.27. The second-order valence-electron chi connectivity index (χ2n) is 7.25. The van der Waals surface area contributed by atoms with Crippen LogP contribution in [0.2, 0.25) is 5.02 Å². The number of hydrogen-bond donors (Lipinski definition) is 1. The molecule has 2 aliphatic heterocycles. The Morgan fingerprint density at radius 3 is 2.69 bits per heavy atom. The highest BCUT2D eigenvalue weighted by atomic mass is 35.5. The Bertz CT molecular complexity index is 963. The zero-order valence-electron chi connectivity index (χ0n) is 16.3. The summed E-state index contributed by atoms with van der Waals surface area (Å²) in [5.74, 6) is 0.524. The topological polar surface area (TPSA) is 71.1 Å². The molecule has 0 saturated carbocycles. The lowest BCUT2D eigenvalue weighted by Crippen LogP contribution is -2.28. The van der Waals surface area contributed by atoms with Gasteiger partial charge in [0.1, 0.15) is 13.2 Å². The molecule has 0 aliphatic carbocycles. The summed E-state index contributed by atoms with van der Waals surface area (Å²) in [4.78, 5) is 28.9. The molecule has 0 radical (unpaired) electrons. The molecule has 2 aromatic rings. The predicted octanol–water partition coefficient (Wildman–Crippen LogP) is 3.17. The Morgan fingerprint density at radius 2 is 1.93 bits per heavy atom. The number of carbonyl (C=O) groups excluding carboxylic acids is 2. The van der Waals surface area contributed by atoms with Crippen LogP contribution in [0.5, 0.6) is 11.5 Å². The summed E-state index contributed by atoms with van der Waals surface area (Å²) in [5, 5.41) is 3.48. The quantitative estimate of drug-likeness (QED) is 0.830. The van der Waals surface area contributed by atoms with Crippen molar-refractivity contribution in [3.8, 4) is 11.5 Å². The average Bonchev–Trinajstić information content (AvgIpc) is 3.09. The van der Waals surface area contributed by atoms with Crippen LogP contribution in [0.4, 0.5) is 17.1 Å². The molecule has 152 valence electrons. The van der Waals surface area contributed by atoms with Gasteiger partial charge in [-0.2, -0.15) is 0 Å². The summed E-state index contributed by atoms with van der Waals surface area (Å²) in [6.45, 7) is 1.29. The van der Waals surface area contributed by atoms with Crippen LogP contribution in [0, 0.1) is 5.92 Å². The van der Waals surface area contributed by atoms with E-state index in [2.05, 4.69) is 5.32 Å². The van der Waals surface area contributed by atoms with Crippen molar-refractivity contribution < 1.29 is 19.1 Å². The van der Waals surface area contributed by atoms with Crippen molar-refractivity contribution in [3.63, 3.8) is 0 Å². The molecule has 4 rings (SSSR count). The van der Waals surface area contributed by atoms with Crippen molar-refractivity contribution in [2.75, 3.05) is 49.0 Å². The smallest absolute Gasteiger partial charge is 0.229 e. The number of carbonyl (C=O) groups is 2. The number of nitrogens with zero attached hydrogens (tertiary/aromatic N) is 2. The van der Waals surface area contributed by atoms with E-state index in [-0.39, 0.29) is 18.2 Å². The van der Waals surface area contributed by atoms with Gasteiger partial charge >= 0.3 is 0 Å². The van der Waals surface area contributed by atoms with Gasteiger partial charge in [0.25, 0.3) is 0 Å². The standard InChI is InChI=1S/C21H22ClN3O4/c1-24(2)20-15(22)4-3-5-16(20)23-21(27)13-10-19(26)25(12-13)14-6-7-17-18(11-14)29-9-8-28-17/h3-7,11,13H,8-10,12H2,1-2H3,(H,23,27)/t13-/m1/s1. The lowest BCUT2D eigenvalue weighted by molar-refractivity contribution is -0.122. The molecule has 0 aromatic heterocycles. The van der Waals surface area contributed by atoms with E-state index >= 15 is 0 Å². The summed E-state index contributed by atoms with van der Waals surface area (Å²) < 4.78 is 11.1. The van der Waals surface area contributed by atoms with Crippen LogP contribution in [-0.2, 0) is 9.59 Å². The summed E-state index contributed by atoms with van der Waals surface area (Å²) in [6.07, 6.45) is 0.151. The SMILES string of the molecule is CN(C)c1c(Cl)cccc1NC(=O)[C@@H]1CC(=O)N(c2ccc3c(c2)OCCO3)C1. The van der Waals surface area contributed by atoms with Gasteiger partial charge in [-0.05, 0) is 24.3 Å². The van der Waals surface area contributed by atoms with Crippen molar-refractivity contribution >= 4 is 40.5 Å². The van der Waals surface area contributed by atoms with E-state index in [0.717, 1.165) is 5.69 Å². The second kappa shape index (κ2) is 7.83. The van der Waals surface area contributed by atoms with Crippen LogP contribution in [0.15, 0.2) is 36.4 Å². The fourth-order valence-corrected chi connectivity index (χ4v) is 3.98. The fourth-order valence-electron chi connectivity index (χ4n) is 3.64. The number of halogens is 1. The van der Waals surface area contributed by atoms with E-state index in [9.17, 15) is 9.59 Å². The molecule has 1 N–H and O–H groups in total. The maximum absolute atomic E-state index is 12.9. The monoisotopic (exact) mass is 415 g/mol. The molecule has 1 atom stereocenters. The van der Waals surface area contributed by atoms with Crippen LogP contribution in [-0.4, -0.2) is 45.7 Å². The Morgan fingerprint density at radius 1 is 1.17 bits per heavy atom. The average molecular weight is 416 g/mol. The zero-order valence-corrected chi connectivity index (χ0v) is 17.0. The van der Waals surface area contributed by atoms with E-state index in [4.69, 9.17) is 21.1 Å². The number of amides is 2. The molecule has 0 unspecified atom stereocenters. The van der Waals surface area contributed by atoms with E-state index in [1.807, 2.05) is 25.1 Å². The molecule has 2 amide bonds. The minimum atomic E-state index is -0.454. The lowest BCUT2D eigenvalue weighted by atomic mass is 10.1. The van der Waals surface area contributed by atoms with Crippen LogP contribution < -0.4 is 24.6 Å². The lowest BCUT2D eigenvalue weighted by Gasteiger charge is -2.22. The van der Waals surface area contributed by atoms with Gasteiger partial charge in [0.2, 0.25) is 11.8 Å². The van der Waals surface area contributed by atoms with Crippen molar-refractivity contribution in [2.24, 2.45) is 5.92 Å². The summed E-state index contributed by atoms with van der Waals surface area (Å²) in [7, 11) is 3.72. The van der Waals surface area contributed by atoms with Gasteiger partial charge in [-0.1, -0.05) is 17.7 Å². The van der Waals surface area contributed by atoms with Gasteiger partial charge in [0.15, 0.2) is 11.5 Å². The maximum atomic E-state index is 12.9. The normalized spacial score (nSPS) is 18.0. The minimum Gasteiger partial charge on any atom is -0.486 e. The Kier molecular flexibility index (Phi) is 5.24. The number of anilines is 3. The summed E-state index contributed by atoms with van der Waals surface area (Å²) in [5.41, 5.74) is 2.06. The van der Waals surface area contributed by atoms with Crippen LogP contribution in [0.3, 0.4) is 0 Å². The van der Waals surface area contributed by atoms with E-state index < -0.39 is 5.92 Å². The first-order valence-electron chi connectivity index (χ1n) is 9.41. The van der Waals surface area contributed by atoms with E-state index in [1.54, 1.807) is 35.2 Å². The molecular weight excluding hydrogens is 394 g/mol. The van der Waals surface area contributed by atoms with Gasteiger partial charge in [0, 0.05) is 38.8 Å². The third-order valence-electron chi connectivity index (χ3n) is 5.03. The first-order valence-corrected chi connectivity index (χ1v) is 9.78. The van der Waals surface area contributed by atoms with Crippen molar-refractivity contribution in [2.45, 2.75) is 6.42 Å². The predicted molar refractivity (Wildman–Crippen MR) is 112 cm³/mol. The number of para-hydroxylation sites is 1. The Hall–Kier alpha value is -2.93. The molecule has 1 saturated heterocycles. The molecule has 7 nitrogen and oxygen atoms in total. The number of fused-ring (bicyclic) bond motifs is 1. The van der Waals surface area contributed by atoms with Crippen LogP contribution in [0.1, 0.15) is 6.42 Å². The molecule has 8 heteroatoms. The molecule has 29 heavy (non-hydrogen) atoms. The number of nitrogens with one attached hydrogen (secondary N) is 1. The van der Waals surface area contributed by atoms with Crippen molar-refractivity contribution in [3.05, 3.63) is 41.4 Å². The van der Waals surface area contributed by atoms with Crippen LogP contribution in [0.25, 0.3) is 0 Å². The molecule has 1 fully saturated rings. The van der Waals surface area contributed by atoms with Gasteiger partial charge in [-0.3, -0.25) is 9.59 Å². The Balaban J connectivity index is 1.50. The van der Waals surface area contributed by atoms with Crippen LogP contribution >= 0.6 is 11.6 Å². The highest BCUT2D eigenvalue weighted by Crippen LogP contribution is 2.37. The fraction of sp³-hybridized carbons (Fsp3) is 0.333. The molecule has 0 spiro atoms. The molecule has 2 heterocycles.